The van der Waals surface area contributed by atoms with Gasteiger partial charge in [0.2, 0.25) is 0 Å². The lowest BCUT2D eigenvalue weighted by Gasteiger charge is -2.33. The Morgan fingerprint density at radius 1 is 1.30 bits per heavy atom. The zero-order valence-electron chi connectivity index (χ0n) is 12.7. The largest absolute Gasteiger partial charge is 0.466 e. The highest BCUT2D eigenvalue weighted by Gasteiger charge is 2.28. The van der Waals surface area contributed by atoms with Gasteiger partial charge in [-0.3, -0.25) is 9.69 Å². The quantitative estimate of drug-likeness (QED) is 0.759. The van der Waals surface area contributed by atoms with Crippen LogP contribution in [0.25, 0.3) is 0 Å². The van der Waals surface area contributed by atoms with Gasteiger partial charge in [0.1, 0.15) is 0 Å². The van der Waals surface area contributed by atoms with Crippen LogP contribution >= 0.6 is 0 Å². The Hall–Kier alpha value is -0.610. The van der Waals surface area contributed by atoms with E-state index in [1.807, 2.05) is 6.92 Å². The molecular weight excluding hydrogens is 254 g/mol. The molecule has 2 fully saturated rings. The Bertz CT molecular complexity index is 302. The minimum Gasteiger partial charge on any atom is -0.466 e. The molecule has 2 unspecified atom stereocenters. The molecule has 1 aliphatic carbocycles. The third-order valence-corrected chi connectivity index (χ3v) is 4.67. The maximum absolute atomic E-state index is 11.8. The summed E-state index contributed by atoms with van der Waals surface area (Å²) >= 11 is 0. The number of β-amino-alcohol motifs (C(OH)–C–C–N with tert-alkyl or cyclic N) is 1. The van der Waals surface area contributed by atoms with E-state index in [2.05, 4.69) is 4.90 Å². The average molecular weight is 283 g/mol. The molecule has 2 atom stereocenters. The standard InChI is InChI=1S/C16H29NO3/c1-2-20-16(19)14-8-5-9-17(11-14)12-15(18)10-13-6-3-4-7-13/h13-15,18H,2-12H2,1H3. The second-order valence-electron chi connectivity index (χ2n) is 6.39. The number of likely N-dealkylation sites (tertiary alicyclic amines) is 1. The molecule has 1 aliphatic heterocycles. The van der Waals surface area contributed by atoms with E-state index >= 15 is 0 Å². The van der Waals surface area contributed by atoms with E-state index in [1.54, 1.807) is 0 Å². The Kier molecular flexibility index (Phi) is 6.30. The summed E-state index contributed by atoms with van der Waals surface area (Å²) in [6.07, 6.45) is 7.86. The monoisotopic (exact) mass is 283 g/mol. The first kappa shape index (κ1) is 15.8. The van der Waals surface area contributed by atoms with Crippen molar-refractivity contribution in [3.05, 3.63) is 0 Å². The molecule has 0 radical (unpaired) electrons. The summed E-state index contributed by atoms with van der Waals surface area (Å²) in [5.74, 6) is 0.653. The number of carbonyl (C=O) groups is 1. The van der Waals surface area contributed by atoms with E-state index < -0.39 is 0 Å². The number of piperidine rings is 1. The fourth-order valence-electron chi connectivity index (χ4n) is 3.68. The molecule has 0 aromatic carbocycles. The fraction of sp³-hybridized carbons (Fsp3) is 0.938. The van der Waals surface area contributed by atoms with Crippen molar-refractivity contribution in [2.24, 2.45) is 11.8 Å². The minimum atomic E-state index is -0.237. The summed E-state index contributed by atoms with van der Waals surface area (Å²) in [6.45, 7) is 4.77. The van der Waals surface area contributed by atoms with Crippen molar-refractivity contribution in [3.8, 4) is 0 Å². The number of rotatable bonds is 6. The minimum absolute atomic E-state index is 0.00220. The summed E-state index contributed by atoms with van der Waals surface area (Å²) < 4.78 is 5.11. The van der Waals surface area contributed by atoms with E-state index in [0.29, 0.717) is 13.2 Å². The lowest BCUT2D eigenvalue weighted by molar-refractivity contribution is -0.150. The van der Waals surface area contributed by atoms with E-state index in [4.69, 9.17) is 4.74 Å². The maximum atomic E-state index is 11.8. The molecule has 0 amide bonds. The van der Waals surface area contributed by atoms with Crippen LogP contribution in [0.4, 0.5) is 0 Å². The number of aliphatic hydroxyl groups is 1. The van der Waals surface area contributed by atoms with Gasteiger partial charge in [0.15, 0.2) is 0 Å². The Balaban J connectivity index is 1.72. The number of nitrogens with zero attached hydrogens (tertiary/aromatic N) is 1. The maximum Gasteiger partial charge on any atom is 0.310 e. The molecule has 1 saturated heterocycles. The van der Waals surface area contributed by atoms with Crippen LogP contribution in [0.15, 0.2) is 0 Å². The van der Waals surface area contributed by atoms with Crippen molar-refractivity contribution < 1.29 is 14.6 Å². The normalized spacial score (nSPS) is 26.6. The zero-order chi connectivity index (χ0) is 14.4. The third-order valence-electron chi connectivity index (χ3n) is 4.67. The number of aliphatic hydroxyl groups excluding tert-OH is 1. The SMILES string of the molecule is CCOC(=O)C1CCCN(CC(O)CC2CCCC2)C1. The highest BCUT2D eigenvalue weighted by molar-refractivity contribution is 5.72. The number of carbonyl (C=O) groups excluding carboxylic acids is 1. The van der Waals surface area contributed by atoms with Crippen LogP contribution in [0.2, 0.25) is 0 Å². The Morgan fingerprint density at radius 2 is 2.05 bits per heavy atom. The first-order valence-corrected chi connectivity index (χ1v) is 8.26. The van der Waals surface area contributed by atoms with Crippen molar-refractivity contribution in [1.82, 2.24) is 4.90 Å². The molecular formula is C16H29NO3. The van der Waals surface area contributed by atoms with Crippen LogP contribution in [0.3, 0.4) is 0 Å². The third kappa shape index (κ3) is 4.74. The number of ether oxygens (including phenoxy) is 1. The number of hydrogen-bond acceptors (Lipinski definition) is 4. The highest BCUT2D eigenvalue weighted by Crippen LogP contribution is 2.29. The van der Waals surface area contributed by atoms with Crippen LogP contribution < -0.4 is 0 Å². The molecule has 1 saturated carbocycles. The van der Waals surface area contributed by atoms with Crippen LogP contribution in [-0.4, -0.2) is 48.3 Å². The van der Waals surface area contributed by atoms with E-state index in [9.17, 15) is 9.90 Å². The molecule has 20 heavy (non-hydrogen) atoms. The molecule has 4 nitrogen and oxygen atoms in total. The van der Waals surface area contributed by atoms with Crippen LogP contribution in [0.5, 0.6) is 0 Å². The molecule has 2 rings (SSSR count). The highest BCUT2D eigenvalue weighted by atomic mass is 16.5. The van der Waals surface area contributed by atoms with Crippen molar-refractivity contribution in [2.45, 2.75) is 58.0 Å². The summed E-state index contributed by atoms with van der Waals surface area (Å²) in [6, 6.07) is 0. The van der Waals surface area contributed by atoms with Gasteiger partial charge in [0.25, 0.3) is 0 Å². The van der Waals surface area contributed by atoms with Gasteiger partial charge in [0, 0.05) is 13.1 Å². The number of hydrogen-bond donors (Lipinski definition) is 1. The molecule has 0 bridgehead atoms. The van der Waals surface area contributed by atoms with Crippen molar-refractivity contribution in [3.63, 3.8) is 0 Å². The predicted molar refractivity (Wildman–Crippen MR) is 78.4 cm³/mol. The van der Waals surface area contributed by atoms with Crippen molar-refractivity contribution >= 4 is 5.97 Å². The lowest BCUT2D eigenvalue weighted by Crippen LogP contribution is -2.43. The summed E-state index contributed by atoms with van der Waals surface area (Å²) in [7, 11) is 0. The first-order valence-electron chi connectivity index (χ1n) is 8.26. The Labute approximate surface area is 122 Å². The molecule has 0 aromatic rings. The Morgan fingerprint density at radius 3 is 2.75 bits per heavy atom. The molecule has 0 aromatic heterocycles. The van der Waals surface area contributed by atoms with Gasteiger partial charge in [0.05, 0.1) is 18.6 Å². The van der Waals surface area contributed by atoms with Gasteiger partial charge in [-0.25, -0.2) is 0 Å². The average Bonchev–Trinajstić information content (AvgIpc) is 2.92. The molecule has 116 valence electrons. The zero-order valence-corrected chi connectivity index (χ0v) is 12.7. The van der Waals surface area contributed by atoms with Crippen molar-refractivity contribution in [2.75, 3.05) is 26.2 Å². The lowest BCUT2D eigenvalue weighted by atomic mass is 9.96. The second-order valence-corrected chi connectivity index (χ2v) is 6.39. The van der Waals surface area contributed by atoms with Crippen LogP contribution in [0.1, 0.15) is 51.9 Å². The van der Waals surface area contributed by atoms with E-state index in [1.165, 1.54) is 25.7 Å². The smallest absolute Gasteiger partial charge is 0.310 e. The van der Waals surface area contributed by atoms with Crippen LogP contribution in [-0.2, 0) is 9.53 Å². The molecule has 0 spiro atoms. The van der Waals surface area contributed by atoms with Gasteiger partial charge in [-0.15, -0.1) is 0 Å². The summed E-state index contributed by atoms with van der Waals surface area (Å²) in [5.41, 5.74) is 0. The van der Waals surface area contributed by atoms with Gasteiger partial charge >= 0.3 is 5.97 Å². The first-order chi connectivity index (χ1) is 9.69. The van der Waals surface area contributed by atoms with Crippen molar-refractivity contribution in [1.29, 1.82) is 0 Å². The molecule has 4 heteroatoms. The van der Waals surface area contributed by atoms with Gasteiger partial charge in [-0.05, 0) is 38.6 Å². The van der Waals surface area contributed by atoms with E-state index in [0.717, 1.165) is 38.3 Å². The van der Waals surface area contributed by atoms with Gasteiger partial charge in [-0.1, -0.05) is 25.7 Å². The fourth-order valence-corrected chi connectivity index (χ4v) is 3.68. The van der Waals surface area contributed by atoms with Crippen LogP contribution in [0, 0.1) is 11.8 Å². The molecule has 2 aliphatic rings. The molecule has 1 N–H and O–H groups in total. The van der Waals surface area contributed by atoms with Gasteiger partial charge < -0.3 is 9.84 Å². The van der Waals surface area contributed by atoms with E-state index in [-0.39, 0.29) is 18.0 Å². The second kappa shape index (κ2) is 7.99. The van der Waals surface area contributed by atoms with Gasteiger partial charge in [-0.2, -0.15) is 0 Å². The summed E-state index contributed by atoms with van der Waals surface area (Å²) in [4.78, 5) is 14.0. The predicted octanol–water partition coefficient (Wildman–Crippen LogP) is 2.20. The summed E-state index contributed by atoms with van der Waals surface area (Å²) in [5, 5.41) is 10.2. The number of esters is 1. The topological polar surface area (TPSA) is 49.8 Å². The molecule has 1 heterocycles.